The van der Waals surface area contributed by atoms with Crippen LogP contribution in [0, 0.1) is 5.92 Å². The first-order valence-corrected chi connectivity index (χ1v) is 8.59. The lowest BCUT2D eigenvalue weighted by Gasteiger charge is -2.33. The van der Waals surface area contributed by atoms with Crippen LogP contribution in [-0.2, 0) is 11.3 Å². The Hall–Kier alpha value is -2.31. The molecule has 24 heavy (non-hydrogen) atoms. The number of nitrogens with zero attached hydrogens (tertiary/aromatic N) is 4. The van der Waals surface area contributed by atoms with E-state index in [2.05, 4.69) is 28.7 Å². The van der Waals surface area contributed by atoms with Crippen LogP contribution >= 0.6 is 0 Å². The molecule has 1 aliphatic heterocycles. The van der Waals surface area contributed by atoms with Gasteiger partial charge < -0.3 is 21.3 Å². The number of pyridine rings is 1. The molecule has 1 saturated heterocycles. The van der Waals surface area contributed by atoms with Crippen molar-refractivity contribution in [2.75, 3.05) is 31.1 Å². The zero-order valence-electron chi connectivity index (χ0n) is 14.6. The van der Waals surface area contributed by atoms with E-state index in [-0.39, 0.29) is 11.8 Å². The maximum atomic E-state index is 11.5. The summed E-state index contributed by atoms with van der Waals surface area (Å²) in [5.41, 5.74) is 12.5. The third kappa shape index (κ3) is 4.37. The molecular formula is C17H28N6O. The summed E-state index contributed by atoms with van der Waals surface area (Å²) in [4.78, 5) is 24.7. The number of hydrogen-bond acceptors (Lipinski definition) is 4. The second-order valence-corrected chi connectivity index (χ2v) is 6.02. The van der Waals surface area contributed by atoms with Crippen LogP contribution in [0.1, 0.15) is 32.3 Å². The summed E-state index contributed by atoms with van der Waals surface area (Å²) in [5.74, 6) is 1.07. The summed E-state index contributed by atoms with van der Waals surface area (Å²) in [5, 5.41) is 0. The number of carbonyl (C=O) groups is 1. The molecule has 0 radical (unpaired) electrons. The van der Waals surface area contributed by atoms with Gasteiger partial charge in [-0.05, 0) is 32.8 Å². The number of hydrogen-bond donors (Lipinski definition) is 2. The summed E-state index contributed by atoms with van der Waals surface area (Å²) in [6, 6.07) is 3.91. The van der Waals surface area contributed by atoms with Gasteiger partial charge in [0.25, 0.3) is 0 Å². The fourth-order valence-electron chi connectivity index (χ4n) is 3.05. The average Bonchev–Trinajstić information content (AvgIpc) is 2.61. The highest BCUT2D eigenvalue weighted by Gasteiger charge is 2.25. The van der Waals surface area contributed by atoms with Gasteiger partial charge in [-0.2, -0.15) is 0 Å². The van der Waals surface area contributed by atoms with Gasteiger partial charge in [0, 0.05) is 37.9 Å². The minimum absolute atomic E-state index is 0.113. The first kappa shape index (κ1) is 18.0. The van der Waals surface area contributed by atoms with Gasteiger partial charge in [-0.3, -0.25) is 4.79 Å². The molecule has 0 spiro atoms. The molecule has 7 nitrogen and oxygen atoms in total. The van der Waals surface area contributed by atoms with Crippen molar-refractivity contribution in [1.29, 1.82) is 0 Å². The fraction of sp³-hybridized carbons (Fsp3) is 0.588. The highest BCUT2D eigenvalue weighted by molar-refractivity contribution is 5.78. The molecule has 7 heteroatoms. The molecule has 1 fully saturated rings. The molecule has 1 aromatic rings. The Morgan fingerprint density at radius 2 is 2.17 bits per heavy atom. The Morgan fingerprint density at radius 1 is 1.42 bits per heavy atom. The Labute approximate surface area is 143 Å². The smallest absolute Gasteiger partial charge is 0.222 e. The van der Waals surface area contributed by atoms with Gasteiger partial charge in [-0.25, -0.2) is 9.98 Å². The molecule has 1 unspecified atom stereocenters. The molecule has 2 heterocycles. The molecule has 2 rings (SSSR count). The standard InChI is InChI=1S/C17H28N6O/c1-3-22(4-2)17(19)21-11-13-7-5-9-20-16(13)23-10-6-8-14(12-23)15(18)24/h5,7,9,14H,3-4,6,8,10-12H2,1-2H3,(H2,18,24)(H2,19,21). The molecule has 0 aliphatic carbocycles. The first-order chi connectivity index (χ1) is 11.6. The van der Waals surface area contributed by atoms with Crippen molar-refractivity contribution in [3.63, 3.8) is 0 Å². The predicted octanol–water partition coefficient (Wildman–Crippen LogP) is 0.940. The van der Waals surface area contributed by atoms with Gasteiger partial charge >= 0.3 is 0 Å². The van der Waals surface area contributed by atoms with Crippen LogP contribution < -0.4 is 16.4 Å². The van der Waals surface area contributed by atoms with Crippen LogP contribution in [0.25, 0.3) is 0 Å². The molecule has 0 bridgehead atoms. The molecular weight excluding hydrogens is 304 g/mol. The van der Waals surface area contributed by atoms with Crippen molar-refractivity contribution in [3.05, 3.63) is 23.9 Å². The van der Waals surface area contributed by atoms with Crippen LogP contribution in [0.3, 0.4) is 0 Å². The molecule has 0 aromatic carbocycles. The van der Waals surface area contributed by atoms with Gasteiger partial charge in [-0.15, -0.1) is 0 Å². The number of rotatable bonds is 6. The van der Waals surface area contributed by atoms with E-state index < -0.39 is 0 Å². The highest BCUT2D eigenvalue weighted by atomic mass is 16.1. The predicted molar refractivity (Wildman–Crippen MR) is 96.6 cm³/mol. The topological polar surface area (TPSA) is 101 Å². The summed E-state index contributed by atoms with van der Waals surface area (Å²) in [6.07, 6.45) is 3.56. The van der Waals surface area contributed by atoms with Crippen molar-refractivity contribution in [2.45, 2.75) is 33.2 Å². The first-order valence-electron chi connectivity index (χ1n) is 8.59. The number of amides is 1. The van der Waals surface area contributed by atoms with Crippen molar-refractivity contribution >= 4 is 17.7 Å². The lowest BCUT2D eigenvalue weighted by molar-refractivity contribution is -0.122. The van der Waals surface area contributed by atoms with Gasteiger partial charge in [-0.1, -0.05) is 6.07 Å². The number of guanidine groups is 1. The molecule has 4 N–H and O–H groups in total. The third-order valence-electron chi connectivity index (χ3n) is 4.49. The van der Waals surface area contributed by atoms with Crippen LogP contribution in [0.15, 0.2) is 23.3 Å². The molecule has 1 aromatic heterocycles. The Bertz CT molecular complexity index is 584. The van der Waals surface area contributed by atoms with Crippen molar-refractivity contribution in [2.24, 2.45) is 22.4 Å². The molecule has 0 saturated carbocycles. The second kappa shape index (κ2) is 8.52. The number of anilines is 1. The molecule has 1 amide bonds. The van der Waals surface area contributed by atoms with Gasteiger partial charge in [0.1, 0.15) is 5.82 Å². The lowest BCUT2D eigenvalue weighted by Crippen LogP contribution is -2.42. The van der Waals surface area contributed by atoms with E-state index in [0.29, 0.717) is 19.0 Å². The van der Waals surface area contributed by atoms with Crippen LogP contribution in [0.5, 0.6) is 0 Å². The Kier molecular flexibility index (Phi) is 6.40. The van der Waals surface area contributed by atoms with Crippen LogP contribution in [0.2, 0.25) is 0 Å². The maximum absolute atomic E-state index is 11.5. The fourth-order valence-corrected chi connectivity index (χ4v) is 3.05. The van der Waals surface area contributed by atoms with Gasteiger partial charge in [0.2, 0.25) is 5.91 Å². The summed E-state index contributed by atoms with van der Waals surface area (Å²) in [7, 11) is 0. The minimum Gasteiger partial charge on any atom is -0.370 e. The van der Waals surface area contributed by atoms with Crippen molar-refractivity contribution in [3.8, 4) is 0 Å². The SMILES string of the molecule is CCN(CC)C(N)=NCc1cccnc1N1CCCC(C(N)=O)C1. The highest BCUT2D eigenvalue weighted by Crippen LogP contribution is 2.24. The van der Waals surface area contributed by atoms with Gasteiger partial charge in [0.05, 0.1) is 12.5 Å². The lowest BCUT2D eigenvalue weighted by atomic mass is 9.97. The number of aromatic nitrogens is 1. The van der Waals surface area contributed by atoms with Crippen molar-refractivity contribution < 1.29 is 4.79 Å². The van der Waals surface area contributed by atoms with Gasteiger partial charge in [0.15, 0.2) is 5.96 Å². The molecule has 132 valence electrons. The number of piperidine rings is 1. The number of primary amides is 1. The summed E-state index contributed by atoms with van der Waals surface area (Å²) in [6.45, 7) is 7.75. The van der Waals surface area contributed by atoms with E-state index in [1.807, 2.05) is 17.0 Å². The minimum atomic E-state index is -0.235. The van der Waals surface area contributed by atoms with E-state index in [9.17, 15) is 4.79 Å². The van der Waals surface area contributed by atoms with E-state index in [1.165, 1.54) is 0 Å². The van der Waals surface area contributed by atoms with E-state index in [1.54, 1.807) is 6.20 Å². The number of carbonyl (C=O) groups excluding carboxylic acids is 1. The van der Waals surface area contributed by atoms with E-state index >= 15 is 0 Å². The third-order valence-corrected chi connectivity index (χ3v) is 4.49. The molecule has 1 aliphatic rings. The summed E-state index contributed by atoms with van der Waals surface area (Å²) >= 11 is 0. The molecule has 1 atom stereocenters. The van der Waals surface area contributed by atoms with E-state index in [0.717, 1.165) is 43.9 Å². The second-order valence-electron chi connectivity index (χ2n) is 6.02. The van der Waals surface area contributed by atoms with Crippen molar-refractivity contribution in [1.82, 2.24) is 9.88 Å². The van der Waals surface area contributed by atoms with E-state index in [4.69, 9.17) is 11.5 Å². The normalized spacial score (nSPS) is 18.5. The Balaban J connectivity index is 2.15. The largest absolute Gasteiger partial charge is 0.370 e. The number of nitrogens with two attached hydrogens (primary N) is 2. The van der Waals surface area contributed by atoms with Crippen LogP contribution in [-0.4, -0.2) is 47.9 Å². The zero-order valence-corrected chi connectivity index (χ0v) is 14.6. The van der Waals surface area contributed by atoms with Crippen LogP contribution in [0.4, 0.5) is 5.82 Å². The summed E-state index contributed by atoms with van der Waals surface area (Å²) < 4.78 is 0. The Morgan fingerprint density at radius 3 is 2.83 bits per heavy atom. The maximum Gasteiger partial charge on any atom is 0.222 e. The average molecular weight is 332 g/mol. The quantitative estimate of drug-likeness (QED) is 0.596. The zero-order chi connectivity index (χ0) is 17.5. The monoisotopic (exact) mass is 332 g/mol. The number of aliphatic imine (C=N–C) groups is 1.